The van der Waals surface area contributed by atoms with Crippen molar-refractivity contribution < 1.29 is 17.6 Å². The number of benzene rings is 2. The third kappa shape index (κ3) is 5.55. The van der Waals surface area contributed by atoms with Gasteiger partial charge in [0.1, 0.15) is 14.3 Å². The average Bonchev–Trinajstić information content (AvgIpc) is 2.81. The number of hydrogen-bond acceptors (Lipinski definition) is 7. The number of aryl methyl sites for hydroxylation is 1. The Morgan fingerprint density at radius 3 is 2.50 bits per heavy atom. The number of halogens is 2. The van der Waals surface area contributed by atoms with Gasteiger partial charge in [0.25, 0.3) is 5.91 Å². The Kier molecular flexibility index (Phi) is 7.39. The van der Waals surface area contributed by atoms with Crippen molar-refractivity contribution in [3.05, 3.63) is 90.4 Å². The summed E-state index contributed by atoms with van der Waals surface area (Å²) in [5, 5.41) is 3.66. The predicted octanol–water partition coefficient (Wildman–Crippen LogP) is 5.28. The Morgan fingerprint density at radius 2 is 1.83 bits per heavy atom. The quantitative estimate of drug-likeness (QED) is 0.218. The first kappa shape index (κ1) is 26.1. The van der Waals surface area contributed by atoms with Gasteiger partial charge in [-0.2, -0.15) is 0 Å². The van der Waals surface area contributed by atoms with Crippen LogP contribution in [0.4, 0.5) is 5.69 Å². The van der Waals surface area contributed by atoms with Gasteiger partial charge in [-0.1, -0.05) is 48.0 Å². The van der Waals surface area contributed by atoms with Gasteiger partial charge in [-0.15, -0.1) is 0 Å². The first-order valence-electron chi connectivity index (χ1n) is 10.7. The van der Waals surface area contributed by atoms with E-state index in [0.717, 1.165) is 17.4 Å². The lowest BCUT2D eigenvalue weighted by Gasteiger charge is -2.20. The molecule has 0 fully saturated rings. The second kappa shape index (κ2) is 10.2. The van der Waals surface area contributed by atoms with Crippen LogP contribution in [0.3, 0.4) is 0 Å². The summed E-state index contributed by atoms with van der Waals surface area (Å²) in [5.41, 5.74) is 2.65. The molecule has 36 heavy (non-hydrogen) atoms. The van der Waals surface area contributed by atoms with Crippen LogP contribution in [0.2, 0.25) is 5.15 Å². The molecule has 4 aromatic rings. The molecular formula is C25H21ClIN3O5S. The highest BCUT2D eigenvalue weighted by Gasteiger charge is 2.22. The lowest BCUT2D eigenvalue weighted by Crippen LogP contribution is -2.31. The summed E-state index contributed by atoms with van der Waals surface area (Å²) in [6.45, 7) is 3.71. The molecule has 0 saturated carbocycles. The Bertz CT molecular complexity index is 1660. The van der Waals surface area contributed by atoms with Crippen LogP contribution in [0.25, 0.3) is 22.3 Å². The predicted molar refractivity (Wildman–Crippen MR) is 149 cm³/mol. The first-order chi connectivity index (χ1) is 16.9. The van der Waals surface area contributed by atoms with E-state index < -0.39 is 22.0 Å². The number of nitrogens with zero attached hydrogens (tertiary/aromatic N) is 1. The van der Waals surface area contributed by atoms with Gasteiger partial charge >= 0.3 is 0 Å². The van der Waals surface area contributed by atoms with E-state index in [1.165, 1.54) is 12.1 Å². The molecule has 0 spiro atoms. The molecule has 2 heterocycles. The standard InChI is InChI=1S/C25H21ClIN3O5S/c1-13-11-16(14(2)28-18-9-10-19(26)29-21(18)25(32)30-36(3,33)34)24-17(12-13)22(31)20(27)23(35-24)15-7-5-4-6-8-15/h4-12,14,28H,1-3H3,(H,30,32)/t14-/m1/s1. The zero-order chi connectivity index (χ0) is 26.2. The number of carbonyl (C=O) groups is 1. The van der Waals surface area contributed by atoms with Crippen LogP contribution in [-0.2, 0) is 10.0 Å². The van der Waals surface area contributed by atoms with Crippen LogP contribution in [0.1, 0.15) is 34.6 Å². The molecule has 0 aliphatic heterocycles. The zero-order valence-electron chi connectivity index (χ0n) is 19.4. The van der Waals surface area contributed by atoms with Gasteiger partial charge in [-0.05, 0) is 60.2 Å². The van der Waals surface area contributed by atoms with Crippen LogP contribution in [-0.4, -0.2) is 25.6 Å². The fraction of sp³-hybridized carbons (Fsp3) is 0.160. The van der Waals surface area contributed by atoms with E-state index in [2.05, 4.69) is 10.3 Å². The molecule has 2 aromatic carbocycles. The summed E-state index contributed by atoms with van der Waals surface area (Å²) in [4.78, 5) is 29.9. The number of anilines is 1. The lowest BCUT2D eigenvalue weighted by molar-refractivity contribution is 0.0977. The van der Waals surface area contributed by atoms with Crippen LogP contribution >= 0.6 is 34.2 Å². The number of hydrogen-bond donors (Lipinski definition) is 2. The number of carbonyl (C=O) groups excluding carboxylic acids is 1. The summed E-state index contributed by atoms with van der Waals surface area (Å²) in [7, 11) is -3.82. The van der Waals surface area contributed by atoms with Gasteiger partial charge in [0.2, 0.25) is 15.5 Å². The minimum atomic E-state index is -3.82. The van der Waals surface area contributed by atoms with Gasteiger partial charge in [0.05, 0.1) is 23.4 Å². The second-order valence-corrected chi connectivity index (χ2v) is 11.5. The van der Waals surface area contributed by atoms with Crippen molar-refractivity contribution in [1.29, 1.82) is 0 Å². The Balaban J connectivity index is 1.83. The summed E-state index contributed by atoms with van der Waals surface area (Å²) < 4.78 is 31.9. The van der Waals surface area contributed by atoms with Crippen molar-refractivity contribution in [1.82, 2.24) is 9.71 Å². The Morgan fingerprint density at radius 1 is 1.14 bits per heavy atom. The zero-order valence-corrected chi connectivity index (χ0v) is 23.2. The normalized spacial score (nSPS) is 12.4. The molecule has 0 aliphatic rings. The molecule has 0 aliphatic carbocycles. The number of pyridine rings is 1. The third-order valence-corrected chi connectivity index (χ3v) is 7.08. The molecule has 4 rings (SSSR count). The Hall–Kier alpha value is -2.96. The molecule has 11 heteroatoms. The number of aromatic nitrogens is 1. The van der Waals surface area contributed by atoms with Crippen molar-refractivity contribution in [2.75, 3.05) is 11.6 Å². The monoisotopic (exact) mass is 637 g/mol. The molecule has 2 N–H and O–H groups in total. The minimum Gasteiger partial charge on any atom is -0.454 e. The van der Waals surface area contributed by atoms with Crippen molar-refractivity contribution in [3.8, 4) is 11.3 Å². The third-order valence-electron chi connectivity index (χ3n) is 5.34. The molecule has 1 atom stereocenters. The second-order valence-electron chi connectivity index (χ2n) is 8.27. The van der Waals surface area contributed by atoms with Gasteiger partial charge < -0.3 is 9.73 Å². The maximum absolute atomic E-state index is 13.3. The summed E-state index contributed by atoms with van der Waals surface area (Å²) in [6, 6.07) is 15.6. The maximum atomic E-state index is 13.3. The number of rotatable bonds is 6. The topological polar surface area (TPSA) is 118 Å². The van der Waals surface area contributed by atoms with E-state index in [9.17, 15) is 18.0 Å². The minimum absolute atomic E-state index is 0.0286. The van der Waals surface area contributed by atoms with Crippen molar-refractivity contribution in [2.45, 2.75) is 19.9 Å². The number of sulfonamides is 1. The molecule has 186 valence electrons. The van der Waals surface area contributed by atoms with Gasteiger partial charge in [0.15, 0.2) is 11.5 Å². The van der Waals surface area contributed by atoms with Gasteiger partial charge in [0, 0.05) is 11.1 Å². The highest BCUT2D eigenvalue weighted by Crippen LogP contribution is 2.33. The molecule has 0 bridgehead atoms. The first-order valence-corrected chi connectivity index (χ1v) is 14.1. The largest absolute Gasteiger partial charge is 0.454 e. The average molecular weight is 638 g/mol. The summed E-state index contributed by atoms with van der Waals surface area (Å²) in [6.07, 6.45) is 0.873. The van der Waals surface area contributed by atoms with E-state index in [1.807, 2.05) is 77.6 Å². The smallest absolute Gasteiger partial charge is 0.285 e. The fourth-order valence-electron chi connectivity index (χ4n) is 3.80. The molecule has 0 saturated heterocycles. The fourth-order valence-corrected chi connectivity index (χ4v) is 5.09. The Labute approximate surface area is 226 Å². The van der Waals surface area contributed by atoms with Crippen LogP contribution < -0.4 is 15.5 Å². The van der Waals surface area contributed by atoms with Gasteiger partial charge in [-0.25, -0.2) is 18.1 Å². The van der Waals surface area contributed by atoms with Crippen LogP contribution in [0, 0.1) is 10.5 Å². The van der Waals surface area contributed by atoms with Crippen molar-refractivity contribution in [2.24, 2.45) is 0 Å². The van der Waals surface area contributed by atoms with E-state index in [4.69, 9.17) is 16.0 Å². The van der Waals surface area contributed by atoms with E-state index >= 15 is 0 Å². The highest BCUT2D eigenvalue weighted by molar-refractivity contribution is 14.1. The van der Waals surface area contributed by atoms with Crippen LogP contribution in [0.5, 0.6) is 0 Å². The van der Waals surface area contributed by atoms with Crippen molar-refractivity contribution in [3.63, 3.8) is 0 Å². The van der Waals surface area contributed by atoms with Crippen LogP contribution in [0.15, 0.2) is 63.8 Å². The number of nitrogens with one attached hydrogen (secondary N) is 2. The van der Waals surface area contributed by atoms with E-state index in [-0.39, 0.29) is 22.0 Å². The van der Waals surface area contributed by atoms with Crippen molar-refractivity contribution >= 4 is 66.8 Å². The molecule has 0 radical (unpaired) electrons. The van der Waals surface area contributed by atoms with Gasteiger partial charge in [-0.3, -0.25) is 9.59 Å². The summed E-state index contributed by atoms with van der Waals surface area (Å²) in [5.74, 6) is -0.455. The lowest BCUT2D eigenvalue weighted by atomic mass is 10.0. The molecule has 1 amide bonds. The molecule has 8 nitrogen and oxygen atoms in total. The van der Waals surface area contributed by atoms with E-state index in [0.29, 0.717) is 25.9 Å². The van der Waals surface area contributed by atoms with E-state index in [1.54, 1.807) is 6.07 Å². The molecule has 2 aromatic heterocycles. The summed E-state index contributed by atoms with van der Waals surface area (Å²) >= 11 is 7.98. The molecular weight excluding hydrogens is 617 g/mol. The number of fused-ring (bicyclic) bond motifs is 1. The highest BCUT2D eigenvalue weighted by atomic mass is 127. The number of amides is 1. The maximum Gasteiger partial charge on any atom is 0.285 e. The SMILES string of the molecule is Cc1cc([C@@H](C)Nc2ccc(Cl)nc2C(=O)NS(C)(=O)=O)c2oc(-c3ccccc3)c(I)c(=O)c2c1. The molecule has 0 unspecified atom stereocenters.